The molecule has 0 fully saturated rings. The fraction of sp³-hybridized carbons (Fsp3) is 0.500. The molecule has 0 aromatic heterocycles. The van der Waals surface area contributed by atoms with Crippen LogP contribution >= 0.6 is 11.6 Å². The summed E-state index contributed by atoms with van der Waals surface area (Å²) < 4.78 is 37.3. The van der Waals surface area contributed by atoms with Crippen LogP contribution in [0.5, 0.6) is 11.5 Å². The number of sulfonamides is 1. The van der Waals surface area contributed by atoms with Crippen molar-refractivity contribution in [3.05, 3.63) is 17.2 Å². The molecule has 130 valence electrons. The average molecular weight is 366 g/mol. The molecular formula is C14H20ClNO6S. The number of carboxylic acids is 1. The summed E-state index contributed by atoms with van der Waals surface area (Å²) in [6.07, 6.45) is 0.500. The van der Waals surface area contributed by atoms with Crippen molar-refractivity contribution in [2.45, 2.75) is 31.2 Å². The highest BCUT2D eigenvalue weighted by Crippen LogP contribution is 2.35. The van der Waals surface area contributed by atoms with Gasteiger partial charge in [0.25, 0.3) is 0 Å². The van der Waals surface area contributed by atoms with E-state index >= 15 is 0 Å². The minimum absolute atomic E-state index is 0.00652. The van der Waals surface area contributed by atoms with E-state index < -0.39 is 22.0 Å². The minimum atomic E-state index is -4.15. The van der Waals surface area contributed by atoms with E-state index in [1.807, 2.05) is 0 Å². The van der Waals surface area contributed by atoms with Gasteiger partial charge in [0, 0.05) is 6.07 Å². The second kappa shape index (κ2) is 7.85. The van der Waals surface area contributed by atoms with Crippen molar-refractivity contribution in [3.8, 4) is 11.5 Å². The molecule has 0 bridgehead atoms. The predicted molar refractivity (Wildman–Crippen MR) is 85.8 cm³/mol. The second-order valence-corrected chi connectivity index (χ2v) is 7.05. The van der Waals surface area contributed by atoms with Crippen molar-refractivity contribution in [3.63, 3.8) is 0 Å². The summed E-state index contributed by atoms with van der Waals surface area (Å²) in [6, 6.07) is 1.24. The molecule has 0 radical (unpaired) electrons. The lowest BCUT2D eigenvalue weighted by Crippen LogP contribution is -2.44. The first kappa shape index (κ1) is 19.5. The molecule has 1 aromatic rings. The molecule has 0 spiro atoms. The molecule has 0 amide bonds. The number of nitrogens with one attached hydrogen (secondary N) is 1. The molecule has 1 aromatic carbocycles. The Bertz CT molecular complexity index is 676. The quantitative estimate of drug-likeness (QED) is 0.731. The summed E-state index contributed by atoms with van der Waals surface area (Å²) in [6.45, 7) is 3.43. The van der Waals surface area contributed by atoms with Crippen molar-refractivity contribution in [2.75, 3.05) is 14.2 Å². The zero-order valence-corrected chi connectivity index (χ0v) is 14.9. The summed E-state index contributed by atoms with van der Waals surface area (Å²) in [5.41, 5.74) is 0. The third-order valence-electron chi connectivity index (χ3n) is 3.49. The fourth-order valence-corrected chi connectivity index (χ4v) is 3.70. The Hall–Kier alpha value is -1.51. The molecule has 0 heterocycles. The topological polar surface area (TPSA) is 102 Å². The maximum absolute atomic E-state index is 12.5. The third kappa shape index (κ3) is 4.49. The minimum Gasteiger partial charge on any atom is -0.495 e. The van der Waals surface area contributed by atoms with Gasteiger partial charge in [0.1, 0.15) is 22.4 Å². The molecule has 0 saturated carbocycles. The van der Waals surface area contributed by atoms with Gasteiger partial charge in [-0.05, 0) is 12.0 Å². The lowest BCUT2D eigenvalue weighted by Gasteiger charge is -2.21. The lowest BCUT2D eigenvalue weighted by atomic mass is 10.0. The first-order chi connectivity index (χ1) is 10.7. The van der Waals surface area contributed by atoms with Gasteiger partial charge in [-0.15, -0.1) is 0 Å². The zero-order valence-electron chi connectivity index (χ0n) is 13.3. The van der Waals surface area contributed by atoms with E-state index in [4.69, 9.17) is 21.1 Å². The second-order valence-electron chi connectivity index (χ2n) is 4.96. The van der Waals surface area contributed by atoms with Gasteiger partial charge in [-0.1, -0.05) is 31.9 Å². The van der Waals surface area contributed by atoms with Gasteiger partial charge in [0.15, 0.2) is 0 Å². The Morgan fingerprint density at radius 1 is 1.30 bits per heavy atom. The Morgan fingerprint density at radius 2 is 1.87 bits per heavy atom. The molecule has 9 heteroatoms. The average Bonchev–Trinajstić information content (AvgIpc) is 2.51. The highest BCUT2D eigenvalue weighted by Gasteiger charge is 2.31. The monoisotopic (exact) mass is 365 g/mol. The van der Waals surface area contributed by atoms with Crippen LogP contribution in [0.25, 0.3) is 0 Å². The summed E-state index contributed by atoms with van der Waals surface area (Å²) in [7, 11) is -1.46. The first-order valence-corrected chi connectivity index (χ1v) is 8.70. The molecule has 0 aliphatic heterocycles. The van der Waals surface area contributed by atoms with Crippen LogP contribution in [-0.4, -0.2) is 39.8 Å². The van der Waals surface area contributed by atoms with Crippen LogP contribution in [0.4, 0.5) is 0 Å². The van der Waals surface area contributed by atoms with E-state index in [1.54, 1.807) is 13.8 Å². The highest BCUT2D eigenvalue weighted by molar-refractivity contribution is 7.89. The van der Waals surface area contributed by atoms with Gasteiger partial charge in [-0.25, -0.2) is 8.42 Å². The third-order valence-corrected chi connectivity index (χ3v) is 5.25. The van der Waals surface area contributed by atoms with Gasteiger partial charge in [-0.2, -0.15) is 4.72 Å². The number of methoxy groups -OCH3 is 2. The van der Waals surface area contributed by atoms with E-state index in [2.05, 4.69) is 4.72 Å². The Kier molecular flexibility index (Phi) is 6.67. The van der Waals surface area contributed by atoms with E-state index in [0.29, 0.717) is 6.42 Å². The number of rotatable bonds is 8. The number of benzene rings is 1. The fourth-order valence-electron chi connectivity index (χ4n) is 1.92. The number of ether oxygens (including phenoxy) is 2. The highest BCUT2D eigenvalue weighted by atomic mass is 35.5. The largest absolute Gasteiger partial charge is 0.495 e. The number of hydrogen-bond donors (Lipinski definition) is 2. The summed E-state index contributed by atoms with van der Waals surface area (Å²) in [5, 5.41) is 9.32. The van der Waals surface area contributed by atoms with Crippen molar-refractivity contribution in [2.24, 2.45) is 5.92 Å². The normalized spacial score (nSPS) is 14.1. The maximum Gasteiger partial charge on any atom is 0.322 e. The zero-order chi connectivity index (χ0) is 17.8. The SMILES string of the molecule is CC[C@H](C)[C@H](NS(=O)(=O)c1cc(Cl)c(OC)cc1OC)C(=O)O. The van der Waals surface area contributed by atoms with E-state index in [-0.39, 0.29) is 27.3 Å². The Morgan fingerprint density at radius 3 is 2.30 bits per heavy atom. The van der Waals surface area contributed by atoms with Crippen molar-refractivity contribution >= 4 is 27.6 Å². The van der Waals surface area contributed by atoms with E-state index in [0.717, 1.165) is 6.07 Å². The number of aliphatic carboxylic acids is 1. The van der Waals surface area contributed by atoms with Gasteiger partial charge in [0.05, 0.1) is 19.2 Å². The van der Waals surface area contributed by atoms with Crippen LogP contribution in [0.2, 0.25) is 5.02 Å². The summed E-state index contributed by atoms with van der Waals surface area (Å²) in [5.74, 6) is -1.38. The van der Waals surface area contributed by atoms with Crippen LogP contribution < -0.4 is 14.2 Å². The molecule has 23 heavy (non-hydrogen) atoms. The lowest BCUT2D eigenvalue weighted by molar-refractivity contribution is -0.140. The Labute approximate surface area is 140 Å². The van der Waals surface area contributed by atoms with Crippen LogP contribution in [0.15, 0.2) is 17.0 Å². The van der Waals surface area contributed by atoms with Crippen molar-refractivity contribution in [1.29, 1.82) is 0 Å². The van der Waals surface area contributed by atoms with E-state index in [1.165, 1.54) is 20.3 Å². The summed E-state index contributed by atoms with van der Waals surface area (Å²) >= 11 is 5.96. The molecule has 7 nitrogen and oxygen atoms in total. The smallest absolute Gasteiger partial charge is 0.322 e. The molecule has 0 aliphatic rings. The summed E-state index contributed by atoms with van der Waals surface area (Å²) in [4.78, 5) is 11.1. The van der Waals surface area contributed by atoms with Gasteiger partial charge in [-0.3, -0.25) is 4.79 Å². The number of hydrogen-bond acceptors (Lipinski definition) is 5. The van der Waals surface area contributed by atoms with Gasteiger partial charge < -0.3 is 14.6 Å². The number of carbonyl (C=O) groups is 1. The molecule has 0 aliphatic carbocycles. The van der Waals surface area contributed by atoms with Crippen molar-refractivity contribution in [1.82, 2.24) is 4.72 Å². The molecular weight excluding hydrogens is 346 g/mol. The van der Waals surface area contributed by atoms with E-state index in [9.17, 15) is 18.3 Å². The molecule has 2 atom stereocenters. The molecule has 2 N–H and O–H groups in total. The Balaban J connectivity index is 3.32. The predicted octanol–water partition coefficient (Wildman–Crippen LogP) is 2.13. The van der Waals surface area contributed by atoms with Gasteiger partial charge >= 0.3 is 5.97 Å². The van der Waals surface area contributed by atoms with Crippen molar-refractivity contribution < 1.29 is 27.8 Å². The standard InChI is InChI=1S/C14H20ClNO6S/c1-5-8(2)13(14(17)18)16-23(19,20)12-6-9(15)10(21-3)7-11(12)22-4/h6-8,13,16H,5H2,1-4H3,(H,17,18)/t8-,13-/m0/s1. The number of carboxylic acid groups (broad SMARTS) is 1. The first-order valence-electron chi connectivity index (χ1n) is 6.84. The maximum atomic E-state index is 12.5. The molecule has 0 saturated heterocycles. The van der Waals surface area contributed by atoms with Crippen LogP contribution in [0.1, 0.15) is 20.3 Å². The van der Waals surface area contributed by atoms with Crippen LogP contribution in [-0.2, 0) is 14.8 Å². The van der Waals surface area contributed by atoms with Crippen LogP contribution in [0.3, 0.4) is 0 Å². The number of halogens is 1. The molecule has 1 rings (SSSR count). The van der Waals surface area contributed by atoms with Crippen LogP contribution in [0, 0.1) is 5.92 Å². The van der Waals surface area contributed by atoms with Gasteiger partial charge in [0.2, 0.25) is 10.0 Å². The molecule has 0 unspecified atom stereocenters.